The minimum absolute atomic E-state index is 0.0140. The Balaban J connectivity index is 1.89. The summed E-state index contributed by atoms with van der Waals surface area (Å²) in [7, 11) is 3.95. The van der Waals surface area contributed by atoms with Gasteiger partial charge >= 0.3 is 0 Å². The highest BCUT2D eigenvalue weighted by Gasteiger charge is 2.25. The van der Waals surface area contributed by atoms with Gasteiger partial charge in [-0.2, -0.15) is 0 Å². The van der Waals surface area contributed by atoms with Gasteiger partial charge in [-0.25, -0.2) is 0 Å². The number of rotatable bonds is 7. The van der Waals surface area contributed by atoms with Crippen LogP contribution in [0.15, 0.2) is 35.7 Å². The molecule has 150 valence electrons. The summed E-state index contributed by atoms with van der Waals surface area (Å²) in [5.41, 5.74) is 2.73. The van der Waals surface area contributed by atoms with Crippen LogP contribution in [0.4, 0.5) is 11.4 Å². The predicted molar refractivity (Wildman–Crippen MR) is 113 cm³/mol. The van der Waals surface area contributed by atoms with Gasteiger partial charge < -0.3 is 19.9 Å². The average Bonchev–Trinajstić information content (AvgIpc) is 3.34. The standard InChI is InChI=1S/C21H27N3O3S/c1-15(25)22-17-8-9-19(23(2)3)16(12-17)13-24(14-18-6-4-10-27-18)21(26)20-7-5-11-28-20/h5,7-9,11-12,18H,4,6,10,13-14H2,1-3H3,(H,22,25). The first kappa shape index (κ1) is 20.4. The molecule has 1 aromatic heterocycles. The van der Waals surface area contributed by atoms with Gasteiger partial charge in [0, 0.05) is 52.1 Å². The first-order valence-electron chi connectivity index (χ1n) is 9.46. The number of nitrogens with one attached hydrogen (secondary N) is 1. The van der Waals surface area contributed by atoms with Gasteiger partial charge in [0.1, 0.15) is 0 Å². The molecule has 1 unspecified atom stereocenters. The number of hydrogen-bond acceptors (Lipinski definition) is 5. The summed E-state index contributed by atoms with van der Waals surface area (Å²) in [5.74, 6) is -0.102. The van der Waals surface area contributed by atoms with Gasteiger partial charge in [0.25, 0.3) is 5.91 Å². The lowest BCUT2D eigenvalue weighted by Crippen LogP contribution is -2.37. The van der Waals surface area contributed by atoms with Gasteiger partial charge in [-0.1, -0.05) is 6.07 Å². The lowest BCUT2D eigenvalue weighted by atomic mass is 10.1. The van der Waals surface area contributed by atoms with Crippen molar-refractivity contribution < 1.29 is 14.3 Å². The van der Waals surface area contributed by atoms with Crippen LogP contribution in [-0.4, -0.2) is 50.1 Å². The summed E-state index contributed by atoms with van der Waals surface area (Å²) in [6.45, 7) is 3.27. The van der Waals surface area contributed by atoms with E-state index in [2.05, 4.69) is 5.32 Å². The fraction of sp³-hybridized carbons (Fsp3) is 0.429. The molecular formula is C21H27N3O3S. The summed E-state index contributed by atoms with van der Waals surface area (Å²) >= 11 is 1.45. The van der Waals surface area contributed by atoms with Crippen LogP contribution >= 0.6 is 11.3 Å². The highest BCUT2D eigenvalue weighted by Crippen LogP contribution is 2.26. The number of thiophene rings is 1. The number of hydrogen-bond donors (Lipinski definition) is 1. The number of benzene rings is 1. The van der Waals surface area contributed by atoms with Gasteiger partial charge in [-0.3, -0.25) is 9.59 Å². The lowest BCUT2D eigenvalue weighted by Gasteiger charge is -2.28. The molecule has 1 atom stereocenters. The molecule has 1 aromatic carbocycles. The van der Waals surface area contributed by atoms with E-state index in [1.54, 1.807) is 0 Å². The molecular weight excluding hydrogens is 374 g/mol. The third-order valence-electron chi connectivity index (χ3n) is 4.71. The summed E-state index contributed by atoms with van der Waals surface area (Å²) in [4.78, 5) is 29.2. The zero-order valence-electron chi connectivity index (χ0n) is 16.6. The summed E-state index contributed by atoms with van der Waals surface area (Å²) < 4.78 is 5.78. The van der Waals surface area contributed by atoms with Gasteiger partial charge in [0.05, 0.1) is 11.0 Å². The molecule has 0 aliphatic carbocycles. The van der Waals surface area contributed by atoms with Crippen LogP contribution in [0.2, 0.25) is 0 Å². The van der Waals surface area contributed by atoms with Gasteiger partial charge in [-0.15, -0.1) is 11.3 Å². The topological polar surface area (TPSA) is 61.9 Å². The molecule has 0 spiro atoms. The van der Waals surface area contributed by atoms with Crippen LogP contribution in [0.1, 0.15) is 35.0 Å². The molecule has 1 saturated heterocycles. The quantitative estimate of drug-likeness (QED) is 0.770. The van der Waals surface area contributed by atoms with Crippen LogP contribution in [0.25, 0.3) is 0 Å². The van der Waals surface area contributed by atoms with E-state index in [9.17, 15) is 9.59 Å². The van der Waals surface area contributed by atoms with E-state index in [1.165, 1.54) is 18.3 Å². The van der Waals surface area contributed by atoms with Crippen molar-refractivity contribution in [3.8, 4) is 0 Å². The second-order valence-corrected chi connectivity index (χ2v) is 8.16. The number of carbonyl (C=O) groups is 2. The largest absolute Gasteiger partial charge is 0.377 e. The van der Waals surface area contributed by atoms with Crippen molar-refractivity contribution in [2.45, 2.75) is 32.4 Å². The van der Waals surface area contributed by atoms with Gasteiger partial charge in [-0.05, 0) is 48.1 Å². The molecule has 1 aliphatic heterocycles. The number of nitrogens with zero attached hydrogens (tertiary/aromatic N) is 2. The molecule has 2 heterocycles. The van der Waals surface area contributed by atoms with E-state index in [4.69, 9.17) is 4.74 Å². The fourth-order valence-corrected chi connectivity index (χ4v) is 4.14. The molecule has 0 bridgehead atoms. The second-order valence-electron chi connectivity index (χ2n) is 7.22. The van der Waals surface area contributed by atoms with Crippen LogP contribution in [0.5, 0.6) is 0 Å². The molecule has 0 saturated carbocycles. The van der Waals surface area contributed by atoms with E-state index in [0.29, 0.717) is 13.1 Å². The minimum Gasteiger partial charge on any atom is -0.377 e. The van der Waals surface area contributed by atoms with Crippen LogP contribution in [0.3, 0.4) is 0 Å². The van der Waals surface area contributed by atoms with Crippen molar-refractivity contribution >= 4 is 34.5 Å². The maximum absolute atomic E-state index is 13.1. The van der Waals surface area contributed by atoms with Crippen LogP contribution in [0, 0.1) is 0 Å². The van der Waals surface area contributed by atoms with Crippen molar-refractivity contribution in [1.29, 1.82) is 0 Å². The van der Waals surface area contributed by atoms with E-state index in [1.807, 2.05) is 59.6 Å². The van der Waals surface area contributed by atoms with E-state index >= 15 is 0 Å². The monoisotopic (exact) mass is 401 g/mol. The van der Waals surface area contributed by atoms with Crippen LogP contribution < -0.4 is 10.2 Å². The Hall–Kier alpha value is -2.38. The average molecular weight is 402 g/mol. The molecule has 1 N–H and O–H groups in total. The Morgan fingerprint density at radius 3 is 2.71 bits per heavy atom. The Kier molecular flexibility index (Phi) is 6.70. The Morgan fingerprint density at radius 1 is 1.29 bits per heavy atom. The minimum atomic E-state index is -0.116. The van der Waals surface area contributed by atoms with Gasteiger partial charge in [0.2, 0.25) is 5.91 Å². The number of anilines is 2. The molecule has 6 nitrogen and oxygen atoms in total. The molecule has 2 aromatic rings. The molecule has 3 rings (SSSR count). The zero-order valence-corrected chi connectivity index (χ0v) is 17.4. The zero-order chi connectivity index (χ0) is 20.1. The molecule has 1 fully saturated rings. The van der Waals surface area contributed by atoms with Crippen molar-refractivity contribution in [3.05, 3.63) is 46.2 Å². The number of amides is 2. The first-order valence-corrected chi connectivity index (χ1v) is 10.3. The molecule has 2 amide bonds. The van der Waals surface area contributed by atoms with E-state index < -0.39 is 0 Å². The van der Waals surface area contributed by atoms with Crippen molar-refractivity contribution in [1.82, 2.24) is 4.90 Å². The maximum atomic E-state index is 13.1. The summed E-state index contributed by atoms with van der Waals surface area (Å²) in [6.07, 6.45) is 2.08. The van der Waals surface area contributed by atoms with Gasteiger partial charge in [0.15, 0.2) is 0 Å². The smallest absolute Gasteiger partial charge is 0.264 e. The SMILES string of the molecule is CC(=O)Nc1ccc(N(C)C)c(CN(CC2CCCO2)C(=O)c2cccs2)c1. The van der Waals surface area contributed by atoms with Crippen LogP contribution in [-0.2, 0) is 16.1 Å². The highest BCUT2D eigenvalue weighted by atomic mass is 32.1. The Labute approximate surface area is 170 Å². The Morgan fingerprint density at radius 2 is 2.11 bits per heavy atom. The normalized spacial score (nSPS) is 16.0. The molecule has 7 heteroatoms. The predicted octanol–water partition coefficient (Wildman–Crippen LogP) is 3.59. The van der Waals surface area contributed by atoms with E-state index in [-0.39, 0.29) is 17.9 Å². The summed E-state index contributed by atoms with van der Waals surface area (Å²) in [6, 6.07) is 9.55. The van der Waals surface area contributed by atoms with Crippen molar-refractivity contribution in [2.24, 2.45) is 0 Å². The third-order valence-corrected chi connectivity index (χ3v) is 5.57. The highest BCUT2D eigenvalue weighted by molar-refractivity contribution is 7.12. The van der Waals surface area contributed by atoms with Crippen molar-refractivity contribution in [2.75, 3.05) is 37.5 Å². The second kappa shape index (κ2) is 9.21. The first-order chi connectivity index (χ1) is 13.4. The lowest BCUT2D eigenvalue weighted by molar-refractivity contribution is -0.114. The van der Waals surface area contributed by atoms with Crippen molar-refractivity contribution in [3.63, 3.8) is 0 Å². The number of carbonyl (C=O) groups excluding carboxylic acids is 2. The molecule has 1 aliphatic rings. The number of ether oxygens (including phenoxy) is 1. The maximum Gasteiger partial charge on any atom is 0.264 e. The summed E-state index contributed by atoms with van der Waals surface area (Å²) in [5, 5.41) is 4.75. The Bertz CT molecular complexity index is 814. The van der Waals surface area contributed by atoms with E-state index in [0.717, 1.165) is 41.3 Å². The molecule has 28 heavy (non-hydrogen) atoms. The fourth-order valence-electron chi connectivity index (χ4n) is 3.44. The molecule has 0 radical (unpaired) electrons. The third kappa shape index (κ3) is 5.11.